The van der Waals surface area contributed by atoms with E-state index in [1.807, 2.05) is 20.8 Å². The molecule has 1 amide bonds. The summed E-state index contributed by atoms with van der Waals surface area (Å²) in [6.45, 7) is 7.58. The van der Waals surface area contributed by atoms with Gasteiger partial charge in [0.2, 0.25) is 10.0 Å². The summed E-state index contributed by atoms with van der Waals surface area (Å²) < 4.78 is 33.2. The van der Waals surface area contributed by atoms with Crippen LogP contribution in [0.5, 0.6) is 0 Å². The average Bonchev–Trinajstić information content (AvgIpc) is 3.17. The fourth-order valence-electron chi connectivity index (χ4n) is 3.79. The maximum Gasteiger partial charge on any atom is 0.407 e. The van der Waals surface area contributed by atoms with Crippen molar-refractivity contribution < 1.29 is 17.9 Å². The summed E-state index contributed by atoms with van der Waals surface area (Å²) in [5.41, 5.74) is 6.34. The Kier molecular flexibility index (Phi) is 7.46. The van der Waals surface area contributed by atoms with Crippen LogP contribution in [0.2, 0.25) is 0 Å². The first-order chi connectivity index (χ1) is 15.0. The number of aromatic nitrogens is 1. The highest BCUT2D eigenvalue weighted by atomic mass is 32.2. The molecule has 1 aromatic carbocycles. The Labute approximate surface area is 194 Å². The second kappa shape index (κ2) is 9.76. The lowest BCUT2D eigenvalue weighted by atomic mass is 9.86. The van der Waals surface area contributed by atoms with Crippen molar-refractivity contribution in [1.29, 1.82) is 0 Å². The van der Waals surface area contributed by atoms with Crippen LogP contribution < -0.4 is 15.8 Å². The molecule has 0 unspecified atom stereocenters. The normalized spacial score (nSPS) is 19.5. The molecule has 2 aromatic rings. The number of nitrogens with one attached hydrogen (secondary N) is 2. The fourth-order valence-corrected chi connectivity index (χ4v) is 6.28. The number of sulfonamides is 1. The lowest BCUT2D eigenvalue weighted by molar-refractivity contribution is 0.0491. The molecule has 1 aliphatic carbocycles. The van der Waals surface area contributed by atoms with Gasteiger partial charge in [-0.15, -0.1) is 11.3 Å². The molecule has 0 spiro atoms. The third-order valence-corrected chi connectivity index (χ3v) is 7.99. The summed E-state index contributed by atoms with van der Waals surface area (Å²) in [6.07, 6.45) is 4.86. The molecule has 0 bridgehead atoms. The topological polar surface area (TPSA) is 123 Å². The first-order valence-corrected chi connectivity index (χ1v) is 13.1. The van der Waals surface area contributed by atoms with Gasteiger partial charge in [-0.05, 0) is 58.6 Å². The molecule has 1 saturated carbocycles. The minimum atomic E-state index is -3.66. The number of hydrogen-bond donors (Lipinski definition) is 3. The highest BCUT2D eigenvalue weighted by Crippen LogP contribution is 2.39. The van der Waals surface area contributed by atoms with Crippen LogP contribution in [0.15, 0.2) is 29.3 Å². The second-order valence-corrected chi connectivity index (χ2v) is 11.8. The van der Waals surface area contributed by atoms with Crippen LogP contribution in [0.1, 0.15) is 64.3 Å². The molecular weight excluding hydrogens is 448 g/mol. The monoisotopic (exact) mass is 480 g/mol. The Morgan fingerprint density at radius 2 is 1.94 bits per heavy atom. The minimum absolute atomic E-state index is 0.0921. The first-order valence-electron chi connectivity index (χ1n) is 10.8. The van der Waals surface area contributed by atoms with E-state index in [2.05, 4.69) is 15.0 Å². The van der Waals surface area contributed by atoms with Gasteiger partial charge in [-0.3, -0.25) is 0 Å². The van der Waals surface area contributed by atoms with Gasteiger partial charge in [-0.25, -0.2) is 22.9 Å². The van der Waals surface area contributed by atoms with Crippen molar-refractivity contribution in [1.82, 2.24) is 15.0 Å². The van der Waals surface area contributed by atoms with Gasteiger partial charge in [0.1, 0.15) is 5.60 Å². The van der Waals surface area contributed by atoms with E-state index in [9.17, 15) is 13.2 Å². The summed E-state index contributed by atoms with van der Waals surface area (Å²) in [6, 6.07) is 5.01. The van der Waals surface area contributed by atoms with Crippen LogP contribution >= 0.6 is 11.3 Å². The van der Waals surface area contributed by atoms with E-state index < -0.39 is 15.6 Å². The van der Waals surface area contributed by atoms with Crippen molar-refractivity contribution in [2.24, 2.45) is 0 Å². The van der Waals surface area contributed by atoms with Gasteiger partial charge in [0.05, 0.1) is 14.8 Å². The first kappa shape index (κ1) is 24.5. The predicted molar refractivity (Wildman–Crippen MR) is 127 cm³/mol. The van der Waals surface area contributed by atoms with Crippen molar-refractivity contribution in [2.75, 3.05) is 12.3 Å². The molecule has 1 aliphatic rings. The van der Waals surface area contributed by atoms with Gasteiger partial charge in [0.15, 0.2) is 0 Å². The molecule has 8 nitrogen and oxygen atoms in total. The standard InChI is InChI=1S/C22H32N4O4S2/c1-5-25-32(28,29)19-12-15(23)8-11-17(19)18-13-24-20(31-18)14-6-9-16(10-7-14)26-21(27)30-22(2,3)4/h8,11-14,16,25H,5-7,9-10,23H2,1-4H3,(H,26,27). The maximum atomic E-state index is 12.7. The Bertz CT molecular complexity index is 1050. The molecular formula is C22H32N4O4S2. The maximum absolute atomic E-state index is 12.7. The van der Waals surface area contributed by atoms with Crippen LogP contribution in [0.25, 0.3) is 10.4 Å². The number of anilines is 1. The Hall–Kier alpha value is -2.17. The fraction of sp³-hybridized carbons (Fsp3) is 0.545. The number of benzene rings is 1. The number of rotatable bonds is 6. The number of amides is 1. The Morgan fingerprint density at radius 3 is 2.56 bits per heavy atom. The highest BCUT2D eigenvalue weighted by Gasteiger charge is 2.28. The molecule has 4 N–H and O–H groups in total. The van der Waals surface area contributed by atoms with E-state index in [1.165, 1.54) is 17.4 Å². The van der Waals surface area contributed by atoms with E-state index in [0.29, 0.717) is 17.8 Å². The summed E-state index contributed by atoms with van der Waals surface area (Å²) in [7, 11) is -3.66. The summed E-state index contributed by atoms with van der Waals surface area (Å²) >= 11 is 1.51. The number of hydrogen-bond acceptors (Lipinski definition) is 7. The van der Waals surface area contributed by atoms with Gasteiger partial charge in [-0.1, -0.05) is 13.0 Å². The molecule has 10 heteroatoms. The van der Waals surface area contributed by atoms with Crippen molar-refractivity contribution >= 4 is 33.1 Å². The van der Waals surface area contributed by atoms with E-state index in [-0.39, 0.29) is 22.9 Å². The molecule has 1 aromatic heterocycles. The van der Waals surface area contributed by atoms with Gasteiger partial charge in [-0.2, -0.15) is 0 Å². The Balaban J connectivity index is 1.70. The largest absolute Gasteiger partial charge is 0.444 e. The SMILES string of the molecule is CCNS(=O)(=O)c1cc(N)ccc1-c1cnc(C2CCC(NC(=O)OC(C)(C)C)CC2)s1. The molecule has 0 aliphatic heterocycles. The van der Waals surface area contributed by atoms with Gasteiger partial charge in [0, 0.05) is 36.0 Å². The third-order valence-electron chi connectivity index (χ3n) is 5.22. The molecule has 32 heavy (non-hydrogen) atoms. The van der Waals surface area contributed by atoms with Crippen LogP contribution in [0.4, 0.5) is 10.5 Å². The number of ether oxygens (including phenoxy) is 1. The summed E-state index contributed by atoms with van der Waals surface area (Å²) in [5, 5.41) is 3.94. The molecule has 176 valence electrons. The zero-order chi connectivity index (χ0) is 23.5. The van der Waals surface area contributed by atoms with Crippen molar-refractivity contribution in [3.8, 4) is 10.4 Å². The quantitative estimate of drug-likeness (QED) is 0.531. The van der Waals surface area contributed by atoms with Gasteiger partial charge >= 0.3 is 6.09 Å². The van der Waals surface area contributed by atoms with E-state index in [1.54, 1.807) is 25.3 Å². The number of carbonyl (C=O) groups excluding carboxylic acids is 1. The van der Waals surface area contributed by atoms with Crippen molar-refractivity contribution in [3.63, 3.8) is 0 Å². The molecule has 0 atom stereocenters. The average molecular weight is 481 g/mol. The number of nitrogen functional groups attached to an aromatic ring is 1. The van der Waals surface area contributed by atoms with Gasteiger partial charge < -0.3 is 15.8 Å². The van der Waals surface area contributed by atoms with Crippen LogP contribution in [0.3, 0.4) is 0 Å². The predicted octanol–water partition coefficient (Wildman–Crippen LogP) is 4.24. The van der Waals surface area contributed by atoms with E-state index in [4.69, 9.17) is 10.5 Å². The molecule has 3 rings (SSSR count). The van der Waals surface area contributed by atoms with Crippen LogP contribution in [-0.4, -0.2) is 37.7 Å². The number of thiazole rings is 1. The third kappa shape index (κ3) is 6.20. The molecule has 0 saturated heterocycles. The zero-order valence-electron chi connectivity index (χ0n) is 19.0. The minimum Gasteiger partial charge on any atom is -0.444 e. The van der Waals surface area contributed by atoms with Crippen LogP contribution in [0, 0.1) is 0 Å². The van der Waals surface area contributed by atoms with Crippen molar-refractivity contribution in [3.05, 3.63) is 29.4 Å². The zero-order valence-corrected chi connectivity index (χ0v) is 20.6. The molecule has 0 radical (unpaired) electrons. The molecule has 1 fully saturated rings. The van der Waals surface area contributed by atoms with Crippen LogP contribution in [-0.2, 0) is 14.8 Å². The lowest BCUT2D eigenvalue weighted by Gasteiger charge is -2.29. The molecule has 1 heterocycles. The number of alkyl carbamates (subject to hydrolysis) is 1. The van der Waals surface area contributed by atoms with Gasteiger partial charge in [0.25, 0.3) is 0 Å². The lowest BCUT2D eigenvalue weighted by Crippen LogP contribution is -2.40. The number of nitrogens with two attached hydrogens (primary N) is 1. The second-order valence-electron chi connectivity index (χ2n) is 9.01. The smallest absolute Gasteiger partial charge is 0.407 e. The number of carbonyl (C=O) groups is 1. The summed E-state index contributed by atoms with van der Waals surface area (Å²) in [4.78, 5) is 17.6. The van der Waals surface area contributed by atoms with Crippen molar-refractivity contribution in [2.45, 2.75) is 75.8 Å². The highest BCUT2D eigenvalue weighted by molar-refractivity contribution is 7.89. The summed E-state index contributed by atoms with van der Waals surface area (Å²) in [5.74, 6) is 0.285. The van der Waals surface area contributed by atoms with E-state index >= 15 is 0 Å². The number of nitrogens with zero attached hydrogens (tertiary/aromatic N) is 1. The van der Waals surface area contributed by atoms with E-state index in [0.717, 1.165) is 35.6 Å². The Morgan fingerprint density at radius 1 is 1.25 bits per heavy atom.